The summed E-state index contributed by atoms with van der Waals surface area (Å²) in [6.07, 6.45) is 13.4. The number of aromatic nitrogens is 2. The minimum atomic E-state index is 0.497. The first-order valence-corrected chi connectivity index (χ1v) is 6.21. The Hall–Kier alpha value is -1.09. The van der Waals surface area contributed by atoms with Crippen LogP contribution in [0.15, 0.2) is 30.4 Å². The highest BCUT2D eigenvalue weighted by Crippen LogP contribution is 2.16. The van der Waals surface area contributed by atoms with E-state index >= 15 is 0 Å². The molecule has 88 valence electrons. The van der Waals surface area contributed by atoms with Crippen molar-refractivity contribution in [1.29, 1.82) is 0 Å². The average molecular weight is 219 g/mol. The van der Waals surface area contributed by atoms with Crippen LogP contribution in [0.3, 0.4) is 0 Å². The van der Waals surface area contributed by atoms with Crippen molar-refractivity contribution >= 4 is 0 Å². The van der Waals surface area contributed by atoms with E-state index in [2.05, 4.69) is 27.9 Å². The molecule has 0 saturated carbocycles. The van der Waals surface area contributed by atoms with E-state index in [1.807, 2.05) is 18.7 Å². The maximum atomic E-state index is 4.05. The average Bonchev–Trinajstić information content (AvgIpc) is 2.81. The van der Waals surface area contributed by atoms with E-state index in [-0.39, 0.29) is 0 Å². The molecule has 3 nitrogen and oxygen atoms in total. The lowest BCUT2D eigenvalue weighted by molar-refractivity contribution is 0.487. The van der Waals surface area contributed by atoms with Gasteiger partial charge in [-0.15, -0.1) is 0 Å². The standard InChI is InChI=1S/C13H21N3/c1-12(10-16-8-7-14-11-16)15-9-13-5-3-2-4-6-13/h5,7-8,11-12,15H,2-4,6,9-10H2,1H3/t12-/m0/s1. The molecule has 1 N–H and O–H groups in total. The van der Waals surface area contributed by atoms with Crippen molar-refractivity contribution in [2.75, 3.05) is 6.54 Å². The van der Waals surface area contributed by atoms with E-state index in [9.17, 15) is 0 Å². The van der Waals surface area contributed by atoms with Crippen LogP contribution in [-0.4, -0.2) is 22.1 Å². The van der Waals surface area contributed by atoms with Crippen molar-refractivity contribution in [2.24, 2.45) is 0 Å². The topological polar surface area (TPSA) is 29.9 Å². The summed E-state index contributed by atoms with van der Waals surface area (Å²) >= 11 is 0. The Bertz CT molecular complexity index is 327. The zero-order valence-electron chi connectivity index (χ0n) is 10.0. The molecular formula is C13H21N3. The van der Waals surface area contributed by atoms with Crippen molar-refractivity contribution in [3.8, 4) is 0 Å². The Morgan fingerprint density at radius 1 is 1.50 bits per heavy atom. The highest BCUT2D eigenvalue weighted by atomic mass is 15.1. The number of hydrogen-bond acceptors (Lipinski definition) is 2. The quantitative estimate of drug-likeness (QED) is 0.770. The molecule has 3 heteroatoms. The van der Waals surface area contributed by atoms with E-state index in [1.165, 1.54) is 25.7 Å². The number of nitrogens with zero attached hydrogens (tertiary/aromatic N) is 2. The van der Waals surface area contributed by atoms with Gasteiger partial charge in [-0.25, -0.2) is 4.98 Å². The first-order chi connectivity index (χ1) is 7.84. The van der Waals surface area contributed by atoms with E-state index in [1.54, 1.807) is 5.57 Å². The molecule has 0 spiro atoms. The molecule has 0 bridgehead atoms. The molecular weight excluding hydrogens is 198 g/mol. The molecule has 16 heavy (non-hydrogen) atoms. The van der Waals surface area contributed by atoms with Gasteiger partial charge in [-0.3, -0.25) is 0 Å². The van der Waals surface area contributed by atoms with Crippen LogP contribution in [0.5, 0.6) is 0 Å². The summed E-state index contributed by atoms with van der Waals surface area (Å²) in [5.74, 6) is 0. The summed E-state index contributed by atoms with van der Waals surface area (Å²) in [6, 6.07) is 0.497. The normalized spacial score (nSPS) is 18.2. The van der Waals surface area contributed by atoms with Gasteiger partial charge >= 0.3 is 0 Å². The number of hydrogen-bond donors (Lipinski definition) is 1. The zero-order chi connectivity index (χ0) is 11.2. The first-order valence-electron chi connectivity index (χ1n) is 6.21. The molecule has 0 aromatic carbocycles. The van der Waals surface area contributed by atoms with E-state index in [0.717, 1.165) is 13.1 Å². The third-order valence-electron chi connectivity index (χ3n) is 3.11. The summed E-state index contributed by atoms with van der Waals surface area (Å²) in [5, 5.41) is 3.57. The van der Waals surface area contributed by atoms with Crippen molar-refractivity contribution in [2.45, 2.75) is 45.2 Å². The van der Waals surface area contributed by atoms with Gasteiger partial charge in [0.2, 0.25) is 0 Å². The lowest BCUT2D eigenvalue weighted by atomic mass is 9.99. The molecule has 1 aliphatic rings. The summed E-state index contributed by atoms with van der Waals surface area (Å²) in [6.45, 7) is 4.27. The van der Waals surface area contributed by atoms with Crippen LogP contribution in [0.1, 0.15) is 32.6 Å². The Morgan fingerprint density at radius 3 is 3.12 bits per heavy atom. The lowest BCUT2D eigenvalue weighted by Gasteiger charge is -2.18. The Kier molecular flexibility index (Phi) is 4.17. The van der Waals surface area contributed by atoms with Gasteiger partial charge in [-0.05, 0) is 32.6 Å². The molecule has 1 atom stereocenters. The Labute approximate surface area is 97.6 Å². The second-order valence-electron chi connectivity index (χ2n) is 4.65. The molecule has 0 saturated heterocycles. The monoisotopic (exact) mass is 219 g/mol. The molecule has 0 aliphatic heterocycles. The van der Waals surface area contributed by atoms with Crippen molar-refractivity contribution in [1.82, 2.24) is 14.9 Å². The molecule has 0 unspecified atom stereocenters. The van der Waals surface area contributed by atoms with Crippen molar-refractivity contribution < 1.29 is 0 Å². The third-order valence-corrected chi connectivity index (χ3v) is 3.11. The second kappa shape index (κ2) is 5.85. The second-order valence-corrected chi connectivity index (χ2v) is 4.65. The summed E-state index contributed by atoms with van der Waals surface area (Å²) in [7, 11) is 0. The van der Waals surface area contributed by atoms with Gasteiger partial charge in [0.15, 0.2) is 0 Å². The number of rotatable bonds is 5. The molecule has 0 radical (unpaired) electrons. The number of nitrogens with one attached hydrogen (secondary N) is 1. The predicted octanol–water partition coefficient (Wildman–Crippen LogP) is 2.36. The van der Waals surface area contributed by atoms with E-state index < -0.39 is 0 Å². The third kappa shape index (κ3) is 3.49. The SMILES string of the molecule is C[C@@H](Cn1ccnc1)NCC1=CCCCC1. The van der Waals surface area contributed by atoms with Gasteiger partial charge in [-0.2, -0.15) is 0 Å². The van der Waals surface area contributed by atoms with Crippen LogP contribution in [0.25, 0.3) is 0 Å². The molecule has 1 aromatic heterocycles. The number of imidazole rings is 1. The molecule has 2 rings (SSSR count). The van der Waals surface area contributed by atoms with Crippen LogP contribution in [-0.2, 0) is 6.54 Å². The molecule has 1 heterocycles. The van der Waals surface area contributed by atoms with Crippen molar-refractivity contribution in [3.05, 3.63) is 30.4 Å². The van der Waals surface area contributed by atoms with Crippen LogP contribution in [0.4, 0.5) is 0 Å². The van der Waals surface area contributed by atoms with Crippen LogP contribution in [0, 0.1) is 0 Å². The lowest BCUT2D eigenvalue weighted by Crippen LogP contribution is -2.31. The first kappa shape index (κ1) is 11.4. The van der Waals surface area contributed by atoms with Crippen molar-refractivity contribution in [3.63, 3.8) is 0 Å². The zero-order valence-corrected chi connectivity index (χ0v) is 10.0. The van der Waals surface area contributed by atoms with Gasteiger partial charge in [0.1, 0.15) is 0 Å². The maximum Gasteiger partial charge on any atom is 0.0946 e. The van der Waals surface area contributed by atoms with Gasteiger partial charge in [0, 0.05) is 31.5 Å². The smallest absolute Gasteiger partial charge is 0.0946 e. The molecule has 1 aromatic rings. The maximum absolute atomic E-state index is 4.05. The summed E-state index contributed by atoms with van der Waals surface area (Å²) in [5.41, 5.74) is 1.59. The van der Waals surface area contributed by atoms with Crippen LogP contribution in [0.2, 0.25) is 0 Å². The summed E-state index contributed by atoms with van der Waals surface area (Å²) < 4.78 is 2.12. The Morgan fingerprint density at radius 2 is 2.44 bits per heavy atom. The van der Waals surface area contributed by atoms with Gasteiger partial charge in [-0.1, -0.05) is 11.6 Å². The van der Waals surface area contributed by atoms with Gasteiger partial charge in [0.25, 0.3) is 0 Å². The molecule has 1 aliphatic carbocycles. The summed E-state index contributed by atoms with van der Waals surface area (Å²) in [4.78, 5) is 4.05. The van der Waals surface area contributed by atoms with Gasteiger partial charge in [0.05, 0.1) is 6.33 Å². The number of allylic oxidation sites excluding steroid dienone is 1. The fraction of sp³-hybridized carbons (Fsp3) is 0.615. The molecule has 0 amide bonds. The molecule has 0 fully saturated rings. The van der Waals surface area contributed by atoms with Crippen LogP contribution < -0.4 is 5.32 Å². The van der Waals surface area contributed by atoms with Crippen LogP contribution >= 0.6 is 0 Å². The fourth-order valence-corrected chi connectivity index (χ4v) is 2.15. The van der Waals surface area contributed by atoms with E-state index in [0.29, 0.717) is 6.04 Å². The fourth-order valence-electron chi connectivity index (χ4n) is 2.15. The largest absolute Gasteiger partial charge is 0.336 e. The van der Waals surface area contributed by atoms with E-state index in [4.69, 9.17) is 0 Å². The van der Waals surface area contributed by atoms with Gasteiger partial charge < -0.3 is 9.88 Å². The Balaban J connectivity index is 1.71. The minimum Gasteiger partial charge on any atom is -0.336 e. The highest BCUT2D eigenvalue weighted by molar-refractivity contribution is 5.06. The minimum absolute atomic E-state index is 0.497. The highest BCUT2D eigenvalue weighted by Gasteiger charge is 2.06. The predicted molar refractivity (Wildman–Crippen MR) is 66.2 cm³/mol.